The van der Waals surface area contributed by atoms with Crippen molar-refractivity contribution in [2.45, 2.75) is 0 Å². The lowest BCUT2D eigenvalue weighted by Gasteiger charge is -2.07. The van der Waals surface area contributed by atoms with E-state index in [-0.39, 0.29) is 10.6 Å². The molecule has 0 heterocycles. The van der Waals surface area contributed by atoms with Crippen LogP contribution in [0.2, 0.25) is 5.02 Å². The number of carbonyl (C=O) groups is 1. The van der Waals surface area contributed by atoms with Crippen LogP contribution >= 0.6 is 34.2 Å². The first-order valence-electron chi connectivity index (χ1n) is 5.09. The number of rotatable bonds is 2. The molecule has 0 saturated heterocycles. The molecule has 18 heavy (non-hydrogen) atoms. The van der Waals surface area contributed by atoms with E-state index in [2.05, 4.69) is 27.9 Å². The van der Waals surface area contributed by atoms with Gasteiger partial charge in [-0.1, -0.05) is 23.7 Å². The van der Waals surface area contributed by atoms with Gasteiger partial charge in [0.25, 0.3) is 5.91 Å². The fraction of sp³-hybridized carbons (Fsp3) is 0. The fourth-order valence-electron chi connectivity index (χ4n) is 1.44. The first-order valence-corrected chi connectivity index (χ1v) is 6.54. The highest BCUT2D eigenvalue weighted by Crippen LogP contribution is 2.21. The predicted molar refractivity (Wildman–Crippen MR) is 78.5 cm³/mol. The van der Waals surface area contributed by atoms with Gasteiger partial charge in [0.1, 0.15) is 5.82 Å². The highest BCUT2D eigenvalue weighted by molar-refractivity contribution is 14.1. The minimum absolute atomic E-state index is 0.121. The third kappa shape index (κ3) is 3.00. The van der Waals surface area contributed by atoms with Crippen LogP contribution in [0.3, 0.4) is 0 Å². The zero-order valence-corrected chi connectivity index (χ0v) is 12.0. The zero-order chi connectivity index (χ0) is 13.1. The Labute approximate surface area is 122 Å². The van der Waals surface area contributed by atoms with E-state index in [1.54, 1.807) is 6.07 Å². The molecule has 0 radical (unpaired) electrons. The van der Waals surface area contributed by atoms with Crippen LogP contribution in [0.4, 0.5) is 10.1 Å². The summed E-state index contributed by atoms with van der Waals surface area (Å²) in [5.74, 6) is -1.03. The molecule has 0 aliphatic carbocycles. The van der Waals surface area contributed by atoms with E-state index in [1.165, 1.54) is 18.2 Å². The third-order valence-corrected chi connectivity index (χ3v) is 3.33. The van der Waals surface area contributed by atoms with Crippen molar-refractivity contribution < 1.29 is 9.18 Å². The molecular formula is C13H8ClFINO. The highest BCUT2D eigenvalue weighted by atomic mass is 127. The third-order valence-electron chi connectivity index (χ3n) is 2.28. The van der Waals surface area contributed by atoms with Gasteiger partial charge in [0.15, 0.2) is 0 Å². The number of nitrogens with one attached hydrogen (secondary N) is 1. The quantitative estimate of drug-likeness (QED) is 0.778. The molecule has 2 nitrogen and oxygen atoms in total. The average molecular weight is 376 g/mol. The molecular weight excluding hydrogens is 368 g/mol. The first kappa shape index (κ1) is 13.3. The van der Waals surface area contributed by atoms with Crippen LogP contribution in [0.15, 0.2) is 42.5 Å². The van der Waals surface area contributed by atoms with E-state index in [1.807, 2.05) is 18.2 Å². The number of benzene rings is 2. The minimum atomic E-state index is -0.605. The standard InChI is InChI=1S/C13H8ClFINO/c14-12-10(5-2-6-11(12)15)13(18)17-9-4-1-3-8(16)7-9/h1-7H,(H,17,18). The van der Waals surface area contributed by atoms with Crippen LogP contribution in [-0.2, 0) is 0 Å². The normalized spacial score (nSPS) is 10.2. The van der Waals surface area contributed by atoms with Gasteiger partial charge in [-0.05, 0) is 52.9 Å². The van der Waals surface area contributed by atoms with Gasteiger partial charge in [0.2, 0.25) is 0 Å². The molecule has 92 valence electrons. The molecule has 0 fully saturated rings. The molecule has 5 heteroatoms. The Morgan fingerprint density at radius 1 is 1.22 bits per heavy atom. The van der Waals surface area contributed by atoms with Gasteiger partial charge in [0, 0.05) is 9.26 Å². The number of anilines is 1. The van der Waals surface area contributed by atoms with E-state index >= 15 is 0 Å². The van der Waals surface area contributed by atoms with Crippen molar-refractivity contribution >= 4 is 45.8 Å². The Kier molecular flexibility index (Phi) is 4.19. The molecule has 2 aromatic carbocycles. The Morgan fingerprint density at radius 3 is 2.67 bits per heavy atom. The van der Waals surface area contributed by atoms with Crippen molar-refractivity contribution in [1.82, 2.24) is 0 Å². The van der Waals surface area contributed by atoms with Gasteiger partial charge in [-0.2, -0.15) is 0 Å². The van der Waals surface area contributed by atoms with Crippen LogP contribution in [-0.4, -0.2) is 5.91 Å². The lowest BCUT2D eigenvalue weighted by atomic mass is 10.2. The average Bonchev–Trinajstić information content (AvgIpc) is 2.32. The van der Waals surface area contributed by atoms with Crippen LogP contribution in [0, 0.1) is 9.39 Å². The zero-order valence-electron chi connectivity index (χ0n) is 9.08. The summed E-state index contributed by atoms with van der Waals surface area (Å²) in [6, 6.07) is 11.4. The summed E-state index contributed by atoms with van der Waals surface area (Å²) in [7, 11) is 0. The van der Waals surface area contributed by atoms with E-state index < -0.39 is 11.7 Å². The number of halogens is 3. The summed E-state index contributed by atoms with van der Waals surface area (Å²) in [5, 5.41) is 2.51. The Hall–Kier alpha value is -1.14. The summed E-state index contributed by atoms with van der Waals surface area (Å²) in [5.41, 5.74) is 0.766. The summed E-state index contributed by atoms with van der Waals surface area (Å²) >= 11 is 7.89. The molecule has 2 rings (SSSR count). The van der Waals surface area contributed by atoms with Crippen molar-refractivity contribution in [3.05, 3.63) is 62.4 Å². The van der Waals surface area contributed by atoms with Crippen molar-refractivity contribution in [2.75, 3.05) is 5.32 Å². The molecule has 0 atom stereocenters. The molecule has 0 spiro atoms. The highest BCUT2D eigenvalue weighted by Gasteiger charge is 2.13. The van der Waals surface area contributed by atoms with Gasteiger partial charge in [0.05, 0.1) is 10.6 Å². The van der Waals surface area contributed by atoms with Gasteiger partial charge in [-0.15, -0.1) is 0 Å². The second kappa shape index (κ2) is 5.67. The second-order valence-electron chi connectivity index (χ2n) is 3.57. The summed E-state index contributed by atoms with van der Waals surface area (Å²) in [4.78, 5) is 11.9. The maximum absolute atomic E-state index is 13.2. The summed E-state index contributed by atoms with van der Waals surface area (Å²) in [6.45, 7) is 0. The topological polar surface area (TPSA) is 29.1 Å². The van der Waals surface area contributed by atoms with Crippen molar-refractivity contribution in [2.24, 2.45) is 0 Å². The Balaban J connectivity index is 2.25. The largest absolute Gasteiger partial charge is 0.322 e. The minimum Gasteiger partial charge on any atom is -0.322 e. The smallest absolute Gasteiger partial charge is 0.257 e. The number of carbonyl (C=O) groups excluding carboxylic acids is 1. The van der Waals surface area contributed by atoms with Crippen LogP contribution in [0.25, 0.3) is 0 Å². The molecule has 0 aromatic heterocycles. The molecule has 1 amide bonds. The number of amides is 1. The van der Waals surface area contributed by atoms with Crippen LogP contribution in [0.5, 0.6) is 0 Å². The number of hydrogen-bond acceptors (Lipinski definition) is 1. The van der Waals surface area contributed by atoms with Gasteiger partial charge < -0.3 is 5.32 Å². The molecule has 0 aliphatic rings. The number of hydrogen-bond donors (Lipinski definition) is 1. The lowest BCUT2D eigenvalue weighted by Crippen LogP contribution is -2.13. The SMILES string of the molecule is O=C(Nc1cccc(I)c1)c1cccc(F)c1Cl. The predicted octanol–water partition coefficient (Wildman–Crippen LogP) is 4.34. The molecule has 2 aromatic rings. The van der Waals surface area contributed by atoms with E-state index in [0.717, 1.165) is 3.57 Å². The van der Waals surface area contributed by atoms with Gasteiger partial charge in [-0.3, -0.25) is 4.79 Å². The molecule has 0 saturated carbocycles. The van der Waals surface area contributed by atoms with Crippen molar-refractivity contribution in [3.8, 4) is 0 Å². The molecule has 0 aliphatic heterocycles. The Bertz CT molecular complexity index is 603. The lowest BCUT2D eigenvalue weighted by molar-refractivity contribution is 0.102. The van der Waals surface area contributed by atoms with Crippen LogP contribution < -0.4 is 5.32 Å². The summed E-state index contributed by atoms with van der Waals surface area (Å²) in [6.07, 6.45) is 0. The molecule has 1 N–H and O–H groups in total. The van der Waals surface area contributed by atoms with Crippen molar-refractivity contribution in [1.29, 1.82) is 0 Å². The summed E-state index contributed by atoms with van der Waals surface area (Å²) < 4.78 is 14.2. The molecule has 0 bridgehead atoms. The monoisotopic (exact) mass is 375 g/mol. The first-order chi connectivity index (χ1) is 8.58. The fourth-order valence-corrected chi connectivity index (χ4v) is 2.20. The maximum Gasteiger partial charge on any atom is 0.257 e. The van der Waals surface area contributed by atoms with Crippen molar-refractivity contribution in [3.63, 3.8) is 0 Å². The molecule has 0 unspecified atom stereocenters. The Morgan fingerprint density at radius 2 is 1.94 bits per heavy atom. The van der Waals surface area contributed by atoms with E-state index in [0.29, 0.717) is 5.69 Å². The van der Waals surface area contributed by atoms with Gasteiger partial charge in [-0.25, -0.2) is 4.39 Å². The van der Waals surface area contributed by atoms with Gasteiger partial charge >= 0.3 is 0 Å². The van der Waals surface area contributed by atoms with E-state index in [9.17, 15) is 9.18 Å². The maximum atomic E-state index is 13.2. The second-order valence-corrected chi connectivity index (χ2v) is 5.19. The van der Waals surface area contributed by atoms with Crippen LogP contribution in [0.1, 0.15) is 10.4 Å². The van der Waals surface area contributed by atoms with E-state index in [4.69, 9.17) is 11.6 Å².